The maximum atomic E-state index is 12.4. The van der Waals surface area contributed by atoms with Gasteiger partial charge in [0.25, 0.3) is 5.91 Å². The Morgan fingerprint density at radius 3 is 2.70 bits per heavy atom. The predicted molar refractivity (Wildman–Crippen MR) is 117 cm³/mol. The quantitative estimate of drug-likeness (QED) is 0.315. The second kappa shape index (κ2) is 7.50. The van der Waals surface area contributed by atoms with Gasteiger partial charge in [-0.1, -0.05) is 29.3 Å². The Labute approximate surface area is 178 Å². The predicted octanol–water partition coefficient (Wildman–Crippen LogP) is 6.66. The molecule has 0 unspecified atom stereocenters. The number of hydrogen-bond acceptors (Lipinski definition) is 3. The molecule has 1 aromatic heterocycles. The van der Waals surface area contributed by atoms with Crippen LogP contribution in [-0.4, -0.2) is 10.9 Å². The Balaban J connectivity index is 1.65. The van der Waals surface area contributed by atoms with Gasteiger partial charge in [0.1, 0.15) is 5.52 Å². The van der Waals surface area contributed by atoms with Crippen molar-refractivity contribution in [2.75, 3.05) is 5.32 Å². The summed E-state index contributed by atoms with van der Waals surface area (Å²) < 4.78 is 6.85. The minimum atomic E-state index is -0.249. The Hall–Kier alpha value is -2.09. The highest BCUT2D eigenvalue weighted by Gasteiger charge is 2.13. The number of nitrogens with one attached hydrogen (secondary N) is 1. The number of carbonyl (C=O) groups excluding carboxylic acids is 1. The summed E-state index contributed by atoms with van der Waals surface area (Å²) in [5.41, 5.74) is 3.06. The molecule has 4 rings (SSSR count). The number of carbonyl (C=O) groups is 1. The molecule has 0 saturated heterocycles. The van der Waals surface area contributed by atoms with Crippen molar-refractivity contribution in [3.8, 4) is 11.5 Å². The molecule has 1 heterocycles. The number of aromatic nitrogens is 1. The van der Waals surface area contributed by atoms with E-state index in [4.69, 9.17) is 27.6 Å². The fraction of sp³-hybridized carbons (Fsp3) is 0. The highest BCUT2D eigenvalue weighted by atomic mass is 127. The molecule has 1 N–H and O–H groups in total. The summed E-state index contributed by atoms with van der Waals surface area (Å²) in [5.74, 6) is 0.188. The number of amides is 1. The molecule has 0 aliphatic carbocycles. The summed E-state index contributed by atoms with van der Waals surface area (Å²) in [6, 6.07) is 17.7. The molecule has 134 valence electrons. The molecule has 3 aromatic carbocycles. The summed E-state index contributed by atoms with van der Waals surface area (Å²) >= 11 is 14.4. The Bertz CT molecular complexity index is 1170. The zero-order valence-corrected chi connectivity index (χ0v) is 17.3. The van der Waals surface area contributed by atoms with E-state index in [1.165, 1.54) is 0 Å². The van der Waals surface area contributed by atoms with Crippen LogP contribution < -0.4 is 5.32 Å². The second-order valence-corrected chi connectivity index (χ2v) is 7.88. The lowest BCUT2D eigenvalue weighted by atomic mass is 10.2. The molecule has 0 saturated carbocycles. The van der Waals surface area contributed by atoms with Gasteiger partial charge in [0.2, 0.25) is 5.89 Å². The third-order valence-corrected chi connectivity index (χ3v) is 5.13. The van der Waals surface area contributed by atoms with Crippen LogP contribution in [0.5, 0.6) is 0 Å². The van der Waals surface area contributed by atoms with Gasteiger partial charge < -0.3 is 9.73 Å². The van der Waals surface area contributed by atoms with Gasteiger partial charge in [-0.3, -0.25) is 4.79 Å². The SMILES string of the molecule is O=C(Nc1ccc2oc(-c3cc(I)ccc3Cl)nc2c1)c1cccc(Cl)c1. The zero-order chi connectivity index (χ0) is 19.0. The number of nitrogens with zero attached hydrogens (tertiary/aromatic N) is 1. The summed E-state index contributed by atoms with van der Waals surface area (Å²) in [4.78, 5) is 16.9. The first kappa shape index (κ1) is 18.3. The smallest absolute Gasteiger partial charge is 0.255 e. The minimum absolute atomic E-state index is 0.249. The zero-order valence-electron chi connectivity index (χ0n) is 13.7. The van der Waals surface area contributed by atoms with Gasteiger partial charge in [-0.2, -0.15) is 0 Å². The average Bonchev–Trinajstić information content (AvgIpc) is 3.07. The monoisotopic (exact) mass is 508 g/mol. The number of hydrogen-bond donors (Lipinski definition) is 1. The molecular weight excluding hydrogens is 498 g/mol. The average molecular weight is 509 g/mol. The second-order valence-electron chi connectivity index (χ2n) is 5.79. The van der Waals surface area contributed by atoms with Gasteiger partial charge in [-0.15, -0.1) is 0 Å². The molecule has 27 heavy (non-hydrogen) atoms. The van der Waals surface area contributed by atoms with Crippen LogP contribution in [0, 0.1) is 3.57 Å². The van der Waals surface area contributed by atoms with Crippen molar-refractivity contribution in [3.63, 3.8) is 0 Å². The van der Waals surface area contributed by atoms with Crippen molar-refractivity contribution in [1.29, 1.82) is 0 Å². The number of halogens is 3. The Morgan fingerprint density at radius 1 is 1.04 bits per heavy atom. The number of oxazole rings is 1. The first-order chi connectivity index (χ1) is 13.0. The van der Waals surface area contributed by atoms with Crippen LogP contribution in [0.15, 0.2) is 65.1 Å². The maximum absolute atomic E-state index is 12.4. The molecule has 0 bridgehead atoms. The van der Waals surface area contributed by atoms with E-state index in [-0.39, 0.29) is 5.91 Å². The number of rotatable bonds is 3. The molecule has 0 spiro atoms. The minimum Gasteiger partial charge on any atom is -0.436 e. The van der Waals surface area contributed by atoms with Gasteiger partial charge in [0.15, 0.2) is 5.58 Å². The van der Waals surface area contributed by atoms with Gasteiger partial charge in [0.05, 0.1) is 10.6 Å². The number of fused-ring (bicyclic) bond motifs is 1. The lowest BCUT2D eigenvalue weighted by molar-refractivity contribution is 0.102. The molecule has 0 radical (unpaired) electrons. The van der Waals surface area contributed by atoms with E-state index in [0.717, 1.165) is 9.13 Å². The van der Waals surface area contributed by atoms with Crippen LogP contribution in [0.25, 0.3) is 22.6 Å². The Morgan fingerprint density at radius 2 is 1.89 bits per heavy atom. The molecule has 4 nitrogen and oxygen atoms in total. The highest BCUT2D eigenvalue weighted by molar-refractivity contribution is 14.1. The highest BCUT2D eigenvalue weighted by Crippen LogP contribution is 2.32. The van der Waals surface area contributed by atoms with Gasteiger partial charge in [-0.25, -0.2) is 4.98 Å². The van der Waals surface area contributed by atoms with Crippen LogP contribution in [0.2, 0.25) is 10.0 Å². The molecule has 0 aliphatic heterocycles. The molecule has 4 aromatic rings. The van der Waals surface area contributed by atoms with E-state index in [9.17, 15) is 4.79 Å². The van der Waals surface area contributed by atoms with E-state index in [0.29, 0.717) is 38.3 Å². The third kappa shape index (κ3) is 3.95. The lowest BCUT2D eigenvalue weighted by Crippen LogP contribution is -2.11. The molecule has 1 amide bonds. The van der Waals surface area contributed by atoms with Crippen LogP contribution in [0.1, 0.15) is 10.4 Å². The summed E-state index contributed by atoms with van der Waals surface area (Å²) in [6.45, 7) is 0. The van der Waals surface area contributed by atoms with Gasteiger partial charge in [-0.05, 0) is 77.2 Å². The van der Waals surface area contributed by atoms with Crippen LogP contribution >= 0.6 is 45.8 Å². The topological polar surface area (TPSA) is 55.1 Å². The largest absolute Gasteiger partial charge is 0.436 e. The first-order valence-electron chi connectivity index (χ1n) is 7.92. The normalized spacial score (nSPS) is 10.9. The van der Waals surface area contributed by atoms with Crippen LogP contribution in [-0.2, 0) is 0 Å². The van der Waals surface area contributed by atoms with E-state index < -0.39 is 0 Å². The molecule has 0 fully saturated rings. The van der Waals surface area contributed by atoms with E-state index >= 15 is 0 Å². The summed E-state index contributed by atoms with van der Waals surface area (Å²) in [6.07, 6.45) is 0. The van der Waals surface area contributed by atoms with E-state index in [2.05, 4.69) is 32.9 Å². The first-order valence-corrected chi connectivity index (χ1v) is 9.76. The van der Waals surface area contributed by atoms with Crippen molar-refractivity contribution >= 4 is 68.5 Å². The molecule has 7 heteroatoms. The van der Waals surface area contributed by atoms with Crippen molar-refractivity contribution < 1.29 is 9.21 Å². The molecule has 0 aliphatic rings. The molecule has 0 atom stereocenters. The van der Waals surface area contributed by atoms with Crippen molar-refractivity contribution in [2.24, 2.45) is 0 Å². The molecular formula is C20H11Cl2IN2O2. The summed E-state index contributed by atoms with van der Waals surface area (Å²) in [7, 11) is 0. The number of benzene rings is 3. The third-order valence-electron chi connectivity index (χ3n) is 3.89. The number of anilines is 1. The van der Waals surface area contributed by atoms with Crippen LogP contribution in [0.3, 0.4) is 0 Å². The Kier molecular flexibility index (Phi) is 5.08. The van der Waals surface area contributed by atoms with E-state index in [1.807, 2.05) is 18.2 Å². The lowest BCUT2D eigenvalue weighted by Gasteiger charge is -2.05. The summed E-state index contributed by atoms with van der Waals surface area (Å²) in [5, 5.41) is 3.91. The van der Waals surface area contributed by atoms with Crippen LogP contribution in [0.4, 0.5) is 5.69 Å². The fourth-order valence-electron chi connectivity index (χ4n) is 2.61. The fourth-order valence-corrected chi connectivity index (χ4v) is 3.49. The van der Waals surface area contributed by atoms with Gasteiger partial charge >= 0.3 is 0 Å². The van der Waals surface area contributed by atoms with E-state index in [1.54, 1.807) is 42.5 Å². The standard InChI is InChI=1S/C20H11Cl2IN2O2/c21-12-3-1-2-11(8-12)19(26)24-14-5-7-18-17(10-14)25-20(27-18)15-9-13(23)4-6-16(15)22/h1-10H,(H,24,26). The van der Waals surface area contributed by atoms with Crippen molar-refractivity contribution in [2.45, 2.75) is 0 Å². The van der Waals surface area contributed by atoms with Gasteiger partial charge in [0, 0.05) is 19.8 Å². The van der Waals surface area contributed by atoms with Crippen molar-refractivity contribution in [3.05, 3.63) is 79.8 Å². The van der Waals surface area contributed by atoms with Crippen molar-refractivity contribution in [1.82, 2.24) is 4.98 Å². The maximum Gasteiger partial charge on any atom is 0.255 e.